The molecule has 0 fully saturated rings. The first-order valence-corrected chi connectivity index (χ1v) is 22.1. The minimum absolute atomic E-state index is 0.905. The van der Waals surface area contributed by atoms with Gasteiger partial charge in [0.15, 0.2) is 0 Å². The van der Waals surface area contributed by atoms with Crippen LogP contribution in [0.2, 0.25) is 0 Å². The summed E-state index contributed by atoms with van der Waals surface area (Å²) in [5.74, 6) is 0. The van der Waals surface area contributed by atoms with E-state index < -0.39 is 0 Å². The fourth-order valence-corrected chi connectivity index (χ4v) is 11.8. The fraction of sp³-hybridized carbons (Fsp3) is 0. The number of fused-ring (bicyclic) bond motifs is 12. The van der Waals surface area contributed by atoms with Crippen LogP contribution in [0.5, 0.6) is 0 Å². The van der Waals surface area contributed by atoms with Gasteiger partial charge in [0.1, 0.15) is 11.2 Å². The average Bonchev–Trinajstić information content (AvgIpc) is 3.87. The number of furan rings is 1. The maximum Gasteiger partial charge on any atom is 0.136 e. The molecule has 0 aliphatic rings. The lowest BCUT2D eigenvalue weighted by molar-refractivity contribution is 0.669. The van der Waals surface area contributed by atoms with Crippen LogP contribution in [0.4, 0.5) is 0 Å². The van der Waals surface area contributed by atoms with Gasteiger partial charge in [-0.15, -0.1) is 11.3 Å². The van der Waals surface area contributed by atoms with Crippen LogP contribution in [-0.2, 0) is 0 Å². The largest absolute Gasteiger partial charge is 0.456 e. The zero-order chi connectivity index (χ0) is 40.5. The lowest BCUT2D eigenvalue weighted by Gasteiger charge is -2.22. The number of hydrogen-bond donors (Lipinski definition) is 0. The third kappa shape index (κ3) is 4.84. The van der Waals surface area contributed by atoms with E-state index in [-0.39, 0.29) is 0 Å². The average molecular weight is 803 g/mol. The molecule has 2 aromatic heterocycles. The molecule has 62 heavy (non-hydrogen) atoms. The molecule has 0 N–H and O–H groups in total. The highest BCUT2D eigenvalue weighted by atomic mass is 32.1. The standard InChI is InChI=1S/C60H34OS/c1-3-15-37-33-54-50(29-35(37)13-1)49-31-39(25-27-53(49)61-54)57-41-17-5-9-21-45(41)59(46-22-10-6-18-42(46)57)60-47-23-11-7-19-43(47)58(44-20-8-12-24-48(44)60)40-26-28-55-51(32-40)52-30-36-14-2-4-16-38(36)34-56(52)62-55/h1-34H. The minimum atomic E-state index is 0.905. The summed E-state index contributed by atoms with van der Waals surface area (Å²) in [5.41, 5.74) is 9.31. The molecule has 0 saturated carbocycles. The molecule has 0 amide bonds. The normalized spacial score (nSPS) is 12.2. The van der Waals surface area contributed by atoms with E-state index in [0.717, 1.165) is 21.9 Å². The smallest absolute Gasteiger partial charge is 0.136 e. The van der Waals surface area contributed by atoms with Gasteiger partial charge in [-0.2, -0.15) is 0 Å². The third-order valence-electron chi connectivity index (χ3n) is 13.4. The lowest BCUT2D eigenvalue weighted by Crippen LogP contribution is -1.94. The van der Waals surface area contributed by atoms with Gasteiger partial charge in [-0.25, -0.2) is 0 Å². The maximum absolute atomic E-state index is 6.48. The van der Waals surface area contributed by atoms with E-state index in [1.54, 1.807) is 0 Å². The van der Waals surface area contributed by atoms with Crippen molar-refractivity contribution in [2.75, 3.05) is 0 Å². The Hall–Kier alpha value is -7.78. The van der Waals surface area contributed by atoms with Crippen LogP contribution in [0, 0.1) is 0 Å². The van der Waals surface area contributed by atoms with Crippen LogP contribution in [0.15, 0.2) is 211 Å². The summed E-state index contributed by atoms with van der Waals surface area (Å²) in [6, 6.07) is 76.5. The van der Waals surface area contributed by atoms with Gasteiger partial charge in [-0.05, 0) is 147 Å². The van der Waals surface area contributed by atoms with Crippen LogP contribution in [0.3, 0.4) is 0 Å². The molecule has 0 saturated heterocycles. The van der Waals surface area contributed by atoms with E-state index in [9.17, 15) is 0 Å². The second-order valence-corrected chi connectivity index (χ2v) is 17.8. The van der Waals surface area contributed by atoms with Crippen molar-refractivity contribution in [3.05, 3.63) is 206 Å². The van der Waals surface area contributed by atoms with Crippen molar-refractivity contribution in [3.8, 4) is 33.4 Å². The Morgan fingerprint density at radius 2 is 0.613 bits per heavy atom. The zero-order valence-corrected chi connectivity index (χ0v) is 34.3. The molecule has 0 radical (unpaired) electrons. The Morgan fingerprint density at radius 3 is 1.13 bits per heavy atom. The molecule has 2 heterocycles. The molecule has 0 bridgehead atoms. The van der Waals surface area contributed by atoms with E-state index in [1.165, 1.54) is 118 Å². The molecule has 2 heteroatoms. The van der Waals surface area contributed by atoms with Crippen molar-refractivity contribution >= 4 is 118 Å². The first-order chi connectivity index (χ1) is 30.7. The Morgan fingerprint density at radius 1 is 0.242 bits per heavy atom. The predicted octanol–water partition coefficient (Wildman–Crippen LogP) is 17.9. The van der Waals surface area contributed by atoms with Gasteiger partial charge < -0.3 is 4.42 Å². The zero-order valence-electron chi connectivity index (χ0n) is 33.4. The molecule has 0 unspecified atom stereocenters. The fourth-order valence-electron chi connectivity index (χ4n) is 10.7. The van der Waals surface area contributed by atoms with E-state index in [2.05, 4.69) is 206 Å². The second kappa shape index (κ2) is 12.9. The Kier molecular flexibility index (Phi) is 7.05. The monoisotopic (exact) mass is 802 g/mol. The van der Waals surface area contributed by atoms with E-state index >= 15 is 0 Å². The summed E-state index contributed by atoms with van der Waals surface area (Å²) < 4.78 is 9.12. The Bertz CT molecular complexity index is 3830. The molecule has 0 atom stereocenters. The van der Waals surface area contributed by atoms with E-state index in [1.807, 2.05) is 11.3 Å². The highest BCUT2D eigenvalue weighted by molar-refractivity contribution is 7.25. The molecule has 1 nitrogen and oxygen atoms in total. The second-order valence-electron chi connectivity index (χ2n) is 16.7. The van der Waals surface area contributed by atoms with Crippen molar-refractivity contribution in [1.29, 1.82) is 0 Å². The van der Waals surface area contributed by atoms with Gasteiger partial charge >= 0.3 is 0 Å². The number of rotatable bonds is 3. The summed E-state index contributed by atoms with van der Waals surface area (Å²) in [5, 5.41) is 19.9. The van der Waals surface area contributed by atoms with Crippen molar-refractivity contribution in [2.24, 2.45) is 0 Å². The van der Waals surface area contributed by atoms with Crippen LogP contribution in [0.1, 0.15) is 0 Å². The van der Waals surface area contributed by atoms with Gasteiger partial charge in [0.05, 0.1) is 0 Å². The summed E-state index contributed by atoms with van der Waals surface area (Å²) in [7, 11) is 0. The molecular weight excluding hydrogens is 769 g/mol. The van der Waals surface area contributed by atoms with Crippen LogP contribution in [0.25, 0.3) is 140 Å². The van der Waals surface area contributed by atoms with E-state index in [0.29, 0.717) is 0 Å². The van der Waals surface area contributed by atoms with Crippen LogP contribution >= 0.6 is 11.3 Å². The summed E-state index contributed by atoms with van der Waals surface area (Å²) >= 11 is 1.89. The van der Waals surface area contributed by atoms with Gasteiger partial charge in [0.25, 0.3) is 0 Å². The molecule has 14 rings (SSSR count). The maximum atomic E-state index is 6.48. The summed E-state index contributed by atoms with van der Waals surface area (Å²) in [6.07, 6.45) is 0. The van der Waals surface area contributed by atoms with Crippen molar-refractivity contribution in [2.45, 2.75) is 0 Å². The van der Waals surface area contributed by atoms with Gasteiger partial charge in [-0.1, -0.05) is 158 Å². The topological polar surface area (TPSA) is 13.1 Å². The highest BCUT2D eigenvalue weighted by Gasteiger charge is 2.23. The van der Waals surface area contributed by atoms with Crippen molar-refractivity contribution < 1.29 is 4.42 Å². The number of hydrogen-bond acceptors (Lipinski definition) is 2. The third-order valence-corrected chi connectivity index (χ3v) is 14.5. The molecule has 12 aromatic carbocycles. The van der Waals surface area contributed by atoms with Crippen LogP contribution < -0.4 is 0 Å². The molecule has 0 aliphatic carbocycles. The SMILES string of the molecule is c1ccc2cc3c(cc2c1)oc1ccc(-c2c4ccccc4c(-c4c5ccccc5c(-c5ccc6sc7cc8ccccc8cc7c6c5)c5ccccc45)c4ccccc24)cc13. The molecule has 14 aromatic rings. The highest BCUT2D eigenvalue weighted by Crippen LogP contribution is 2.51. The van der Waals surface area contributed by atoms with Gasteiger partial charge in [0.2, 0.25) is 0 Å². The lowest BCUT2D eigenvalue weighted by atomic mass is 9.81. The molecular formula is C60H34OS. The van der Waals surface area contributed by atoms with Crippen molar-refractivity contribution in [1.82, 2.24) is 0 Å². The summed E-state index contributed by atoms with van der Waals surface area (Å²) in [6.45, 7) is 0. The van der Waals surface area contributed by atoms with Gasteiger partial charge in [0, 0.05) is 30.9 Å². The molecule has 0 aliphatic heterocycles. The minimum Gasteiger partial charge on any atom is -0.456 e. The number of thiophene rings is 1. The quantitative estimate of drug-likeness (QED) is 0.162. The molecule has 0 spiro atoms. The Labute approximate surface area is 360 Å². The first kappa shape index (κ1) is 34.0. The first-order valence-electron chi connectivity index (χ1n) is 21.3. The van der Waals surface area contributed by atoms with Crippen molar-refractivity contribution in [3.63, 3.8) is 0 Å². The van der Waals surface area contributed by atoms with E-state index in [4.69, 9.17) is 4.42 Å². The summed E-state index contributed by atoms with van der Waals surface area (Å²) in [4.78, 5) is 0. The van der Waals surface area contributed by atoms with Crippen LogP contribution in [-0.4, -0.2) is 0 Å². The number of benzene rings is 12. The van der Waals surface area contributed by atoms with Gasteiger partial charge in [-0.3, -0.25) is 0 Å². The Balaban J connectivity index is 1.04. The predicted molar refractivity (Wildman–Crippen MR) is 268 cm³/mol. The molecule has 286 valence electrons.